The minimum atomic E-state index is 0.204. The van der Waals surface area contributed by atoms with Gasteiger partial charge in [-0.3, -0.25) is 0 Å². The van der Waals surface area contributed by atoms with Crippen LogP contribution >= 0.6 is 22.9 Å². The lowest BCUT2D eigenvalue weighted by Gasteiger charge is -2.32. The first-order valence-electron chi connectivity index (χ1n) is 4.95. The Balaban J connectivity index is 2.28. The van der Waals surface area contributed by atoms with E-state index in [1.807, 2.05) is 0 Å². The fourth-order valence-corrected chi connectivity index (χ4v) is 3.40. The maximum Gasteiger partial charge on any atom is 0.0527 e. The van der Waals surface area contributed by atoms with Crippen molar-refractivity contribution in [1.82, 2.24) is 0 Å². The summed E-state index contributed by atoms with van der Waals surface area (Å²) in [5.41, 5.74) is 1.77. The van der Waals surface area contributed by atoms with Crippen molar-refractivity contribution in [2.45, 2.75) is 32.1 Å². The third-order valence-electron chi connectivity index (χ3n) is 2.64. The summed E-state index contributed by atoms with van der Waals surface area (Å²) in [7, 11) is 0. The van der Waals surface area contributed by atoms with Crippen LogP contribution in [0.5, 0.6) is 0 Å². The average Bonchev–Trinajstić information content (AvgIpc) is 2.51. The summed E-state index contributed by atoms with van der Waals surface area (Å²) < 4.78 is 0. The normalized spacial score (nSPS) is 25.9. The molecule has 0 bridgehead atoms. The monoisotopic (exact) mass is 226 g/mol. The molecular formula is C12H15ClS. The zero-order valence-electron chi connectivity index (χ0n) is 8.59. The number of alkyl halides is 1. The Kier molecular flexibility index (Phi) is 2.72. The van der Waals surface area contributed by atoms with Crippen molar-refractivity contribution >= 4 is 28.5 Å². The van der Waals surface area contributed by atoms with Gasteiger partial charge in [0.15, 0.2) is 0 Å². The molecule has 1 atom stereocenters. The summed E-state index contributed by atoms with van der Waals surface area (Å²) in [6.07, 6.45) is 4.46. The van der Waals surface area contributed by atoms with E-state index >= 15 is 0 Å². The van der Waals surface area contributed by atoms with Crippen LogP contribution < -0.4 is 0 Å². The van der Waals surface area contributed by atoms with Crippen LogP contribution in [-0.2, 0) is 0 Å². The Morgan fingerprint density at radius 1 is 1.50 bits per heavy atom. The second kappa shape index (κ2) is 3.71. The lowest BCUT2D eigenvalue weighted by Crippen LogP contribution is -2.21. The van der Waals surface area contributed by atoms with Gasteiger partial charge in [-0.2, -0.15) is 0 Å². The first-order chi connectivity index (χ1) is 6.57. The largest absolute Gasteiger partial charge is 0.144 e. The Bertz CT molecular complexity index is 335. The van der Waals surface area contributed by atoms with Crippen LogP contribution in [0.25, 0.3) is 5.57 Å². The van der Waals surface area contributed by atoms with Gasteiger partial charge in [0.25, 0.3) is 0 Å². The molecule has 0 aliphatic heterocycles. The predicted octanol–water partition coefficient (Wildman–Crippen LogP) is 4.56. The molecule has 0 N–H and O–H groups in total. The molecule has 2 rings (SSSR count). The molecule has 0 aromatic carbocycles. The highest BCUT2D eigenvalue weighted by molar-refractivity contribution is 7.11. The standard InChI is InChI=1S/C12H15ClS/c1-12(2)7-9(6-10(13)8-12)11-4-3-5-14-11/h3-6,10H,7-8H2,1-2H3. The van der Waals surface area contributed by atoms with Crippen molar-refractivity contribution in [3.63, 3.8) is 0 Å². The topological polar surface area (TPSA) is 0 Å². The maximum absolute atomic E-state index is 6.24. The highest BCUT2D eigenvalue weighted by atomic mass is 35.5. The van der Waals surface area contributed by atoms with E-state index in [1.54, 1.807) is 11.3 Å². The number of hydrogen-bond acceptors (Lipinski definition) is 1. The summed E-state index contributed by atoms with van der Waals surface area (Å²) in [5, 5.41) is 2.33. The van der Waals surface area contributed by atoms with Crippen LogP contribution in [0.4, 0.5) is 0 Å². The van der Waals surface area contributed by atoms with E-state index in [-0.39, 0.29) is 5.38 Å². The molecule has 0 spiro atoms. The Hall–Kier alpha value is -0.270. The molecule has 0 saturated heterocycles. The summed E-state index contributed by atoms with van der Waals surface area (Å²) >= 11 is 8.05. The quantitative estimate of drug-likeness (QED) is 0.616. The maximum atomic E-state index is 6.24. The second-order valence-corrected chi connectivity index (χ2v) is 6.24. The SMILES string of the molecule is CC1(C)CC(c2cccs2)=CC(Cl)C1. The Labute approximate surface area is 94.6 Å². The molecule has 76 valence electrons. The van der Waals surface area contributed by atoms with Gasteiger partial charge < -0.3 is 0 Å². The van der Waals surface area contributed by atoms with Crippen LogP contribution in [0, 0.1) is 5.41 Å². The second-order valence-electron chi connectivity index (χ2n) is 4.73. The van der Waals surface area contributed by atoms with Crippen LogP contribution in [0.2, 0.25) is 0 Å². The number of thiophene rings is 1. The van der Waals surface area contributed by atoms with E-state index in [4.69, 9.17) is 11.6 Å². The first-order valence-corrected chi connectivity index (χ1v) is 6.27. The molecule has 1 aromatic heterocycles. The summed E-state index contributed by atoms with van der Waals surface area (Å²) in [5.74, 6) is 0. The van der Waals surface area contributed by atoms with Crippen molar-refractivity contribution in [1.29, 1.82) is 0 Å². The van der Waals surface area contributed by atoms with Gasteiger partial charge in [0, 0.05) is 4.88 Å². The molecular weight excluding hydrogens is 212 g/mol. The highest BCUT2D eigenvalue weighted by Gasteiger charge is 2.28. The van der Waals surface area contributed by atoms with E-state index in [9.17, 15) is 0 Å². The van der Waals surface area contributed by atoms with Crippen molar-refractivity contribution in [3.05, 3.63) is 28.5 Å². The molecule has 2 heteroatoms. The van der Waals surface area contributed by atoms with E-state index in [1.165, 1.54) is 10.5 Å². The first kappa shape index (κ1) is 10.3. The molecule has 0 amide bonds. The zero-order valence-corrected chi connectivity index (χ0v) is 10.2. The van der Waals surface area contributed by atoms with Gasteiger partial charge in [-0.15, -0.1) is 22.9 Å². The van der Waals surface area contributed by atoms with Gasteiger partial charge in [0.2, 0.25) is 0 Å². The minimum Gasteiger partial charge on any atom is -0.144 e. The van der Waals surface area contributed by atoms with Gasteiger partial charge in [0.05, 0.1) is 5.38 Å². The van der Waals surface area contributed by atoms with Gasteiger partial charge in [0.1, 0.15) is 0 Å². The summed E-state index contributed by atoms with van der Waals surface area (Å²) in [6.45, 7) is 4.59. The fraction of sp³-hybridized carbons (Fsp3) is 0.500. The van der Waals surface area contributed by atoms with Crippen LogP contribution in [-0.4, -0.2) is 5.38 Å². The summed E-state index contributed by atoms with van der Waals surface area (Å²) in [4.78, 5) is 1.38. The molecule has 1 aliphatic carbocycles. The van der Waals surface area contributed by atoms with Gasteiger partial charge in [-0.25, -0.2) is 0 Å². The molecule has 14 heavy (non-hydrogen) atoms. The molecule has 1 aliphatic rings. The Morgan fingerprint density at radius 3 is 2.86 bits per heavy atom. The number of rotatable bonds is 1. The molecule has 0 fully saturated rings. The Morgan fingerprint density at radius 2 is 2.29 bits per heavy atom. The van der Waals surface area contributed by atoms with E-state index in [2.05, 4.69) is 37.4 Å². The molecule has 1 unspecified atom stereocenters. The third kappa shape index (κ3) is 2.21. The van der Waals surface area contributed by atoms with Crippen LogP contribution in [0.1, 0.15) is 31.6 Å². The van der Waals surface area contributed by atoms with Gasteiger partial charge >= 0.3 is 0 Å². The van der Waals surface area contributed by atoms with E-state index < -0.39 is 0 Å². The van der Waals surface area contributed by atoms with Crippen LogP contribution in [0.3, 0.4) is 0 Å². The molecule has 1 aromatic rings. The highest BCUT2D eigenvalue weighted by Crippen LogP contribution is 2.42. The lowest BCUT2D eigenvalue weighted by atomic mass is 9.77. The van der Waals surface area contributed by atoms with Gasteiger partial charge in [-0.05, 0) is 35.3 Å². The smallest absolute Gasteiger partial charge is 0.0527 e. The zero-order chi connectivity index (χ0) is 10.2. The van der Waals surface area contributed by atoms with Crippen molar-refractivity contribution in [3.8, 4) is 0 Å². The van der Waals surface area contributed by atoms with Crippen molar-refractivity contribution < 1.29 is 0 Å². The minimum absolute atomic E-state index is 0.204. The fourth-order valence-electron chi connectivity index (χ4n) is 2.08. The third-order valence-corrected chi connectivity index (χ3v) is 3.86. The van der Waals surface area contributed by atoms with Crippen LogP contribution in [0.15, 0.2) is 23.6 Å². The van der Waals surface area contributed by atoms with E-state index in [0.717, 1.165) is 12.8 Å². The number of hydrogen-bond donors (Lipinski definition) is 0. The number of allylic oxidation sites excluding steroid dienone is 2. The molecule has 0 radical (unpaired) electrons. The van der Waals surface area contributed by atoms with Gasteiger partial charge in [-0.1, -0.05) is 26.0 Å². The number of halogens is 1. The molecule has 0 saturated carbocycles. The molecule has 1 heterocycles. The van der Waals surface area contributed by atoms with Crippen molar-refractivity contribution in [2.75, 3.05) is 0 Å². The average molecular weight is 227 g/mol. The summed E-state index contributed by atoms with van der Waals surface area (Å²) in [6, 6.07) is 4.28. The molecule has 0 nitrogen and oxygen atoms in total. The van der Waals surface area contributed by atoms with E-state index in [0.29, 0.717) is 5.41 Å². The predicted molar refractivity (Wildman–Crippen MR) is 65.0 cm³/mol. The van der Waals surface area contributed by atoms with Crippen molar-refractivity contribution in [2.24, 2.45) is 5.41 Å². The lowest BCUT2D eigenvalue weighted by molar-refractivity contribution is 0.341.